The average Bonchev–Trinajstić information content (AvgIpc) is 2.53. The molecule has 0 saturated carbocycles. The molecule has 0 amide bonds. The Kier molecular flexibility index (Phi) is 6.55. The van der Waals surface area contributed by atoms with Crippen LogP contribution in [0.1, 0.15) is 48.3 Å². The molecular weight excluding hydrogens is 280 g/mol. The molecule has 20 heavy (non-hydrogen) atoms. The van der Waals surface area contributed by atoms with E-state index in [9.17, 15) is 0 Å². The number of benzene rings is 2. The zero-order valence-corrected chi connectivity index (χ0v) is 13.8. The maximum absolute atomic E-state index is 2.27. The third-order valence-electron chi connectivity index (χ3n) is 3.37. The van der Waals surface area contributed by atoms with Crippen LogP contribution < -0.4 is 0 Å². The Labute approximate surface area is 130 Å². The van der Waals surface area contributed by atoms with Crippen LogP contribution in [0.5, 0.6) is 0 Å². The van der Waals surface area contributed by atoms with Gasteiger partial charge < -0.3 is 0 Å². The Bertz CT molecular complexity index is 434. The highest BCUT2D eigenvalue weighted by Gasteiger charge is 2.15. The van der Waals surface area contributed by atoms with Crippen LogP contribution >= 0.6 is 21.6 Å². The van der Waals surface area contributed by atoms with Crippen molar-refractivity contribution >= 4 is 21.6 Å². The van der Waals surface area contributed by atoms with Crippen molar-refractivity contribution in [3.8, 4) is 0 Å². The van der Waals surface area contributed by atoms with E-state index in [0.29, 0.717) is 10.5 Å². The standard InChI is InChI=1S/C18H22S2/c1-3-17(15-11-7-5-8-12-15)19-20-18(4-2)16-13-9-6-10-14-16/h5-14,17-18H,3-4H2,1-2H3. The molecule has 0 aliphatic heterocycles. The van der Waals surface area contributed by atoms with Gasteiger partial charge in [-0.05, 0) is 24.0 Å². The fourth-order valence-electron chi connectivity index (χ4n) is 2.19. The van der Waals surface area contributed by atoms with Crippen molar-refractivity contribution in [2.75, 3.05) is 0 Å². The van der Waals surface area contributed by atoms with Crippen LogP contribution in [0, 0.1) is 0 Å². The fourth-order valence-corrected chi connectivity index (χ4v) is 5.55. The van der Waals surface area contributed by atoms with E-state index in [0.717, 1.165) is 0 Å². The van der Waals surface area contributed by atoms with Crippen molar-refractivity contribution in [3.05, 3.63) is 71.8 Å². The van der Waals surface area contributed by atoms with Gasteiger partial charge in [0, 0.05) is 10.5 Å². The van der Waals surface area contributed by atoms with Gasteiger partial charge >= 0.3 is 0 Å². The van der Waals surface area contributed by atoms with E-state index in [4.69, 9.17) is 0 Å². The van der Waals surface area contributed by atoms with Gasteiger partial charge in [0.2, 0.25) is 0 Å². The molecule has 0 heterocycles. The van der Waals surface area contributed by atoms with Gasteiger partial charge in [-0.2, -0.15) is 0 Å². The number of hydrogen-bond donors (Lipinski definition) is 0. The summed E-state index contributed by atoms with van der Waals surface area (Å²) >= 11 is 0. The van der Waals surface area contributed by atoms with Gasteiger partial charge in [0.25, 0.3) is 0 Å². The second-order valence-electron chi connectivity index (χ2n) is 4.81. The Balaban J connectivity index is 1.99. The minimum atomic E-state index is 0.582. The van der Waals surface area contributed by atoms with Crippen molar-refractivity contribution < 1.29 is 0 Å². The normalized spacial score (nSPS) is 13.9. The van der Waals surface area contributed by atoms with Crippen molar-refractivity contribution in [1.82, 2.24) is 0 Å². The van der Waals surface area contributed by atoms with Crippen LogP contribution in [0.15, 0.2) is 60.7 Å². The lowest BCUT2D eigenvalue weighted by molar-refractivity contribution is 0.893. The third-order valence-corrected chi connectivity index (χ3v) is 6.89. The molecule has 2 rings (SSSR count). The molecule has 0 aromatic heterocycles. The molecule has 2 heteroatoms. The Morgan fingerprint density at radius 1 is 0.650 bits per heavy atom. The van der Waals surface area contributed by atoms with E-state index in [1.165, 1.54) is 24.0 Å². The third kappa shape index (κ3) is 4.32. The summed E-state index contributed by atoms with van der Waals surface area (Å²) in [5.74, 6) is 0. The second-order valence-corrected chi connectivity index (χ2v) is 7.49. The van der Waals surface area contributed by atoms with Crippen molar-refractivity contribution in [2.24, 2.45) is 0 Å². The maximum atomic E-state index is 2.27. The van der Waals surface area contributed by atoms with E-state index in [1.54, 1.807) is 0 Å². The van der Waals surface area contributed by atoms with Gasteiger partial charge in [0.15, 0.2) is 0 Å². The smallest absolute Gasteiger partial charge is 0.0398 e. The van der Waals surface area contributed by atoms with Gasteiger partial charge in [-0.3, -0.25) is 0 Å². The van der Waals surface area contributed by atoms with Crippen LogP contribution in [0.4, 0.5) is 0 Å². The SMILES string of the molecule is CCC(SSC(CC)c1ccccc1)c1ccccc1. The largest absolute Gasteiger partial charge is 0.0853 e. The summed E-state index contributed by atoms with van der Waals surface area (Å²) < 4.78 is 0. The first-order chi connectivity index (χ1) is 9.85. The molecule has 2 aromatic rings. The van der Waals surface area contributed by atoms with E-state index in [2.05, 4.69) is 74.5 Å². The molecule has 2 atom stereocenters. The minimum absolute atomic E-state index is 0.582. The molecule has 0 bridgehead atoms. The number of hydrogen-bond acceptors (Lipinski definition) is 2. The van der Waals surface area contributed by atoms with Crippen LogP contribution in [0.25, 0.3) is 0 Å². The first kappa shape index (κ1) is 15.5. The second kappa shape index (κ2) is 8.43. The molecule has 2 unspecified atom stereocenters. The monoisotopic (exact) mass is 302 g/mol. The quantitative estimate of drug-likeness (QED) is 0.524. The van der Waals surface area contributed by atoms with Crippen LogP contribution in [0.3, 0.4) is 0 Å². The Morgan fingerprint density at radius 3 is 1.30 bits per heavy atom. The first-order valence-corrected chi connectivity index (χ1v) is 9.54. The molecule has 0 nitrogen and oxygen atoms in total. The maximum Gasteiger partial charge on any atom is 0.0398 e. The molecule has 0 radical (unpaired) electrons. The molecule has 106 valence electrons. The van der Waals surface area contributed by atoms with E-state index >= 15 is 0 Å². The molecule has 0 aliphatic rings. The van der Waals surface area contributed by atoms with Gasteiger partial charge in [0.05, 0.1) is 0 Å². The zero-order chi connectivity index (χ0) is 14.2. The minimum Gasteiger partial charge on any atom is -0.0853 e. The van der Waals surface area contributed by atoms with Gasteiger partial charge in [-0.15, -0.1) is 0 Å². The van der Waals surface area contributed by atoms with Crippen molar-refractivity contribution in [2.45, 2.75) is 37.2 Å². The summed E-state index contributed by atoms with van der Waals surface area (Å²) in [6, 6.07) is 21.7. The Hall–Kier alpha value is -0.860. The highest BCUT2D eigenvalue weighted by atomic mass is 33.1. The van der Waals surface area contributed by atoms with Crippen molar-refractivity contribution in [1.29, 1.82) is 0 Å². The van der Waals surface area contributed by atoms with Crippen LogP contribution in [-0.2, 0) is 0 Å². The average molecular weight is 303 g/mol. The first-order valence-electron chi connectivity index (χ1n) is 7.27. The molecule has 0 spiro atoms. The van der Waals surface area contributed by atoms with E-state index < -0.39 is 0 Å². The molecule has 2 aromatic carbocycles. The Morgan fingerprint density at radius 2 is 1.00 bits per heavy atom. The molecular formula is C18H22S2. The highest BCUT2D eigenvalue weighted by molar-refractivity contribution is 8.76. The van der Waals surface area contributed by atoms with Crippen LogP contribution in [0.2, 0.25) is 0 Å². The lowest BCUT2D eigenvalue weighted by atomic mass is 10.1. The molecule has 0 saturated heterocycles. The number of rotatable bonds is 7. The molecule has 0 N–H and O–H groups in total. The van der Waals surface area contributed by atoms with Gasteiger partial charge in [-0.25, -0.2) is 0 Å². The topological polar surface area (TPSA) is 0 Å². The summed E-state index contributed by atoms with van der Waals surface area (Å²) in [5.41, 5.74) is 2.88. The molecule has 0 aliphatic carbocycles. The lowest BCUT2D eigenvalue weighted by Crippen LogP contribution is -1.93. The zero-order valence-electron chi connectivity index (χ0n) is 12.2. The highest BCUT2D eigenvalue weighted by Crippen LogP contribution is 2.48. The lowest BCUT2D eigenvalue weighted by Gasteiger charge is -2.19. The summed E-state index contributed by atoms with van der Waals surface area (Å²) in [6.07, 6.45) is 2.35. The summed E-state index contributed by atoms with van der Waals surface area (Å²) in [6.45, 7) is 4.55. The molecule has 0 fully saturated rings. The van der Waals surface area contributed by atoms with Crippen molar-refractivity contribution in [3.63, 3.8) is 0 Å². The predicted molar refractivity (Wildman–Crippen MR) is 94.1 cm³/mol. The summed E-state index contributed by atoms with van der Waals surface area (Å²) in [4.78, 5) is 0. The summed E-state index contributed by atoms with van der Waals surface area (Å²) in [7, 11) is 4.04. The van der Waals surface area contributed by atoms with E-state index in [-0.39, 0.29) is 0 Å². The summed E-state index contributed by atoms with van der Waals surface area (Å²) in [5, 5.41) is 1.16. The van der Waals surface area contributed by atoms with Gasteiger partial charge in [-0.1, -0.05) is 96.1 Å². The predicted octanol–water partition coefficient (Wildman–Crippen LogP) is 6.67. The van der Waals surface area contributed by atoms with Gasteiger partial charge in [0.1, 0.15) is 0 Å². The fraction of sp³-hybridized carbons (Fsp3) is 0.333. The van der Waals surface area contributed by atoms with Crippen LogP contribution in [-0.4, -0.2) is 0 Å². The van der Waals surface area contributed by atoms with E-state index in [1.807, 2.05) is 21.6 Å².